The largest absolute Gasteiger partial charge is 0.477 e. The van der Waals surface area contributed by atoms with E-state index < -0.39 is 5.97 Å². The number of rotatable bonds is 3. The average Bonchev–Trinajstić information content (AvgIpc) is 2.98. The van der Waals surface area contributed by atoms with Gasteiger partial charge in [-0.2, -0.15) is 5.10 Å². The molecule has 0 aliphatic carbocycles. The van der Waals surface area contributed by atoms with Crippen LogP contribution in [0.25, 0.3) is 28.0 Å². The van der Waals surface area contributed by atoms with Gasteiger partial charge in [0.15, 0.2) is 5.65 Å². The topological polar surface area (TPSA) is 67.5 Å². The predicted molar refractivity (Wildman–Crippen MR) is 95.5 cm³/mol. The van der Waals surface area contributed by atoms with E-state index in [2.05, 4.69) is 10.1 Å². The van der Waals surface area contributed by atoms with Gasteiger partial charge in [0.25, 0.3) is 0 Å². The van der Waals surface area contributed by atoms with Crippen LogP contribution in [0.3, 0.4) is 0 Å². The van der Waals surface area contributed by atoms with E-state index in [0.717, 1.165) is 16.7 Å². The molecule has 0 aliphatic rings. The highest BCUT2D eigenvalue weighted by molar-refractivity contribution is 5.97. The zero-order valence-corrected chi connectivity index (χ0v) is 13.8. The monoisotopic (exact) mass is 347 g/mol. The van der Waals surface area contributed by atoms with Gasteiger partial charge in [0.1, 0.15) is 11.4 Å². The van der Waals surface area contributed by atoms with Crippen LogP contribution in [0.5, 0.6) is 0 Å². The molecule has 0 saturated heterocycles. The smallest absolute Gasteiger partial charge is 0.341 e. The van der Waals surface area contributed by atoms with Crippen LogP contribution in [0.1, 0.15) is 16.1 Å². The molecule has 26 heavy (non-hydrogen) atoms. The van der Waals surface area contributed by atoms with Gasteiger partial charge in [0.2, 0.25) is 0 Å². The molecular weight excluding hydrogens is 333 g/mol. The summed E-state index contributed by atoms with van der Waals surface area (Å²) in [5, 5.41) is 13.9. The van der Waals surface area contributed by atoms with Crippen LogP contribution >= 0.6 is 0 Å². The van der Waals surface area contributed by atoms with Crippen molar-refractivity contribution < 1.29 is 14.3 Å². The van der Waals surface area contributed by atoms with E-state index in [4.69, 9.17) is 0 Å². The molecule has 0 amide bonds. The van der Waals surface area contributed by atoms with Gasteiger partial charge < -0.3 is 5.11 Å². The highest BCUT2D eigenvalue weighted by Gasteiger charge is 2.22. The molecule has 0 saturated carbocycles. The average molecular weight is 347 g/mol. The van der Waals surface area contributed by atoms with Crippen LogP contribution < -0.4 is 0 Å². The first-order valence-corrected chi connectivity index (χ1v) is 7.99. The summed E-state index contributed by atoms with van der Waals surface area (Å²) in [7, 11) is 0. The summed E-state index contributed by atoms with van der Waals surface area (Å²) in [6, 6.07) is 15.6. The van der Waals surface area contributed by atoms with E-state index >= 15 is 0 Å². The fourth-order valence-corrected chi connectivity index (χ4v) is 3.06. The van der Waals surface area contributed by atoms with Gasteiger partial charge in [-0.05, 0) is 24.6 Å². The molecule has 4 rings (SSSR count). The van der Waals surface area contributed by atoms with E-state index in [-0.39, 0.29) is 17.0 Å². The van der Waals surface area contributed by atoms with E-state index in [1.54, 1.807) is 29.8 Å². The minimum atomic E-state index is -1.07. The van der Waals surface area contributed by atoms with Crippen LogP contribution in [0, 0.1) is 12.7 Å². The minimum absolute atomic E-state index is 0.0767. The van der Waals surface area contributed by atoms with Crippen molar-refractivity contribution >= 4 is 11.6 Å². The second kappa shape index (κ2) is 6.07. The highest BCUT2D eigenvalue weighted by atomic mass is 19.1. The first-order valence-electron chi connectivity index (χ1n) is 7.99. The SMILES string of the molecule is Cc1nn2c(-c3ccccc3)c(-c3ccc(F)cc3)cnc2c1C(=O)O. The summed E-state index contributed by atoms with van der Waals surface area (Å²) in [6.45, 7) is 1.64. The lowest BCUT2D eigenvalue weighted by atomic mass is 10.0. The van der Waals surface area contributed by atoms with E-state index in [1.165, 1.54) is 12.1 Å². The lowest BCUT2D eigenvalue weighted by Crippen LogP contribution is -2.02. The Balaban J connectivity index is 2.10. The summed E-state index contributed by atoms with van der Waals surface area (Å²) in [5.41, 5.74) is 3.82. The molecule has 0 bridgehead atoms. The molecule has 0 atom stereocenters. The van der Waals surface area contributed by atoms with Gasteiger partial charge in [0.05, 0.1) is 11.4 Å². The molecule has 128 valence electrons. The molecule has 2 heterocycles. The minimum Gasteiger partial charge on any atom is -0.477 e. The lowest BCUT2D eigenvalue weighted by molar-refractivity contribution is 0.0698. The number of carboxylic acids is 1. The Morgan fingerprint density at radius 2 is 1.73 bits per heavy atom. The fraction of sp³-hybridized carbons (Fsp3) is 0.0500. The number of fused-ring (bicyclic) bond motifs is 1. The number of aromatic nitrogens is 3. The van der Waals surface area contributed by atoms with Crippen LogP contribution in [0.2, 0.25) is 0 Å². The van der Waals surface area contributed by atoms with Crippen molar-refractivity contribution in [1.29, 1.82) is 0 Å². The van der Waals surface area contributed by atoms with Crippen molar-refractivity contribution in [3.05, 3.63) is 77.9 Å². The molecule has 2 aromatic carbocycles. The highest BCUT2D eigenvalue weighted by Crippen LogP contribution is 2.33. The maximum absolute atomic E-state index is 13.3. The zero-order chi connectivity index (χ0) is 18.3. The Morgan fingerprint density at radius 3 is 2.38 bits per heavy atom. The van der Waals surface area contributed by atoms with Gasteiger partial charge >= 0.3 is 5.97 Å². The Hall–Kier alpha value is -3.54. The third-order valence-electron chi connectivity index (χ3n) is 4.24. The van der Waals surface area contributed by atoms with Crippen molar-refractivity contribution in [3.8, 4) is 22.4 Å². The zero-order valence-electron chi connectivity index (χ0n) is 13.8. The number of halogens is 1. The number of aryl methyl sites for hydroxylation is 1. The Kier molecular flexibility index (Phi) is 3.73. The number of benzene rings is 2. The van der Waals surface area contributed by atoms with Crippen LogP contribution in [0.4, 0.5) is 4.39 Å². The maximum Gasteiger partial charge on any atom is 0.341 e. The number of hydrogen-bond donors (Lipinski definition) is 1. The van der Waals surface area contributed by atoms with Gasteiger partial charge in [-0.15, -0.1) is 0 Å². The number of hydrogen-bond acceptors (Lipinski definition) is 3. The van der Waals surface area contributed by atoms with Crippen molar-refractivity contribution in [2.45, 2.75) is 6.92 Å². The van der Waals surface area contributed by atoms with Crippen molar-refractivity contribution in [2.75, 3.05) is 0 Å². The quantitative estimate of drug-likeness (QED) is 0.603. The number of aromatic carboxylic acids is 1. The first kappa shape index (κ1) is 16.0. The molecule has 0 aliphatic heterocycles. The van der Waals surface area contributed by atoms with Crippen molar-refractivity contribution in [2.24, 2.45) is 0 Å². The first-order chi connectivity index (χ1) is 12.6. The molecule has 0 unspecified atom stereocenters. The standard InChI is InChI=1S/C20H14FN3O2/c1-12-17(20(25)26)19-22-11-16(13-7-9-15(21)10-8-13)18(24(19)23-12)14-5-3-2-4-6-14/h2-11H,1H3,(H,25,26). The van der Waals surface area contributed by atoms with Crippen LogP contribution in [0.15, 0.2) is 60.8 Å². The van der Waals surface area contributed by atoms with Gasteiger partial charge in [-0.3, -0.25) is 0 Å². The fourth-order valence-electron chi connectivity index (χ4n) is 3.06. The van der Waals surface area contributed by atoms with Gasteiger partial charge in [0, 0.05) is 17.3 Å². The molecule has 0 fully saturated rings. The summed E-state index contributed by atoms with van der Waals surface area (Å²) in [5.74, 6) is -1.40. The summed E-state index contributed by atoms with van der Waals surface area (Å²) < 4.78 is 14.9. The van der Waals surface area contributed by atoms with Gasteiger partial charge in [-0.1, -0.05) is 42.5 Å². The van der Waals surface area contributed by atoms with Crippen LogP contribution in [-0.4, -0.2) is 25.7 Å². The molecule has 0 spiro atoms. The number of carboxylic acid groups (broad SMARTS) is 1. The van der Waals surface area contributed by atoms with Gasteiger partial charge in [-0.25, -0.2) is 18.7 Å². The Labute approximate surface area is 148 Å². The molecule has 6 heteroatoms. The van der Waals surface area contributed by atoms with Crippen molar-refractivity contribution in [3.63, 3.8) is 0 Å². The maximum atomic E-state index is 13.3. The second-order valence-corrected chi connectivity index (χ2v) is 5.89. The number of nitrogens with zero attached hydrogens (tertiary/aromatic N) is 3. The normalized spacial score (nSPS) is 11.0. The Bertz CT molecular complexity index is 1120. The van der Waals surface area contributed by atoms with E-state index in [1.807, 2.05) is 30.3 Å². The predicted octanol–water partition coefficient (Wildman–Crippen LogP) is 4.21. The summed E-state index contributed by atoms with van der Waals surface area (Å²) in [4.78, 5) is 15.9. The molecule has 2 aromatic heterocycles. The summed E-state index contributed by atoms with van der Waals surface area (Å²) >= 11 is 0. The molecular formula is C20H14FN3O2. The van der Waals surface area contributed by atoms with Crippen LogP contribution in [-0.2, 0) is 0 Å². The Morgan fingerprint density at radius 1 is 1.04 bits per heavy atom. The summed E-state index contributed by atoms with van der Waals surface area (Å²) in [6.07, 6.45) is 1.61. The molecule has 0 radical (unpaired) electrons. The van der Waals surface area contributed by atoms with Crippen molar-refractivity contribution in [1.82, 2.24) is 14.6 Å². The van der Waals surface area contributed by atoms with E-state index in [0.29, 0.717) is 11.4 Å². The number of carbonyl (C=O) groups is 1. The third kappa shape index (κ3) is 2.52. The van der Waals surface area contributed by atoms with E-state index in [9.17, 15) is 14.3 Å². The second-order valence-electron chi connectivity index (χ2n) is 5.89. The molecule has 4 aromatic rings. The lowest BCUT2D eigenvalue weighted by Gasteiger charge is -2.12. The third-order valence-corrected chi connectivity index (χ3v) is 4.24. The molecule has 1 N–H and O–H groups in total. The molecule has 5 nitrogen and oxygen atoms in total.